The molecule has 0 saturated carbocycles. The second-order valence-corrected chi connectivity index (χ2v) is 12.8. The van der Waals surface area contributed by atoms with E-state index in [-0.39, 0.29) is 37.6 Å². The van der Waals surface area contributed by atoms with Crippen LogP contribution in [0.4, 0.5) is 5.69 Å². The maximum absolute atomic E-state index is 12.3. The van der Waals surface area contributed by atoms with Crippen LogP contribution < -0.4 is 5.32 Å². The van der Waals surface area contributed by atoms with E-state index in [0.29, 0.717) is 5.69 Å². The predicted molar refractivity (Wildman–Crippen MR) is 184 cm³/mol. The van der Waals surface area contributed by atoms with Crippen LogP contribution in [0, 0.1) is 0 Å². The largest absolute Gasteiger partial charge is 0.481 e. The number of carboxylic acids is 1. The number of carbonyl (C=O) groups is 2. The van der Waals surface area contributed by atoms with E-state index in [1.807, 2.05) is 42.5 Å². The maximum Gasteiger partial charge on any atom is 0.303 e. The van der Waals surface area contributed by atoms with Gasteiger partial charge in [-0.2, -0.15) is 0 Å². The summed E-state index contributed by atoms with van der Waals surface area (Å²) in [4.78, 5) is 25.8. The molecule has 0 unspecified atom stereocenters. The fraction of sp³-hybridized carbons (Fsp3) is 0.632. The van der Waals surface area contributed by atoms with Gasteiger partial charge in [0.05, 0.1) is 25.2 Å². The molecular weight excluding hydrogens is 580 g/mol. The molecule has 2 aromatic carbocycles. The predicted octanol–water partition coefficient (Wildman–Crippen LogP) is 8.55. The third-order valence-electron chi connectivity index (χ3n) is 8.74. The normalized spacial score (nSPS) is 18.1. The number of anilines is 1. The Bertz CT molecular complexity index is 1120. The number of amides is 1. The number of benzene rings is 2. The molecule has 0 radical (unpaired) electrons. The third-order valence-corrected chi connectivity index (χ3v) is 8.74. The van der Waals surface area contributed by atoms with Crippen molar-refractivity contribution in [1.82, 2.24) is 4.90 Å². The zero-order chi connectivity index (χ0) is 33.0. The minimum atomic E-state index is -1.00. The van der Waals surface area contributed by atoms with Gasteiger partial charge in [-0.1, -0.05) is 114 Å². The molecule has 0 bridgehead atoms. The summed E-state index contributed by atoms with van der Waals surface area (Å²) in [5.74, 6) is -1.34. The summed E-state index contributed by atoms with van der Waals surface area (Å²) in [7, 11) is 0. The van der Waals surface area contributed by atoms with Crippen LogP contribution in [-0.4, -0.2) is 52.7 Å². The van der Waals surface area contributed by atoms with Crippen LogP contribution in [0.1, 0.15) is 139 Å². The SMILES string of the molecule is CCCCCCCCN(CCCCCCCC)C[C@@H]1C[C@H](c2ccc(CO)cc2)O[C@H](c2cccc(NC(=O)CCC(=O)O)c2)O1. The highest BCUT2D eigenvalue weighted by Crippen LogP contribution is 2.38. The van der Waals surface area contributed by atoms with Gasteiger partial charge in [0, 0.05) is 30.6 Å². The highest BCUT2D eigenvalue weighted by Gasteiger charge is 2.33. The number of rotatable bonds is 23. The van der Waals surface area contributed by atoms with Gasteiger partial charge in [0.25, 0.3) is 0 Å². The van der Waals surface area contributed by atoms with Crippen LogP contribution in [0.2, 0.25) is 0 Å². The van der Waals surface area contributed by atoms with Crippen molar-refractivity contribution in [1.29, 1.82) is 0 Å². The van der Waals surface area contributed by atoms with E-state index in [2.05, 4.69) is 24.1 Å². The summed E-state index contributed by atoms with van der Waals surface area (Å²) in [5, 5.41) is 21.3. The molecule has 0 aliphatic carbocycles. The van der Waals surface area contributed by atoms with Crippen LogP contribution in [0.25, 0.3) is 0 Å². The van der Waals surface area contributed by atoms with Crippen LogP contribution in [0.15, 0.2) is 48.5 Å². The molecule has 0 aromatic heterocycles. The quantitative estimate of drug-likeness (QED) is 0.105. The monoisotopic (exact) mass is 638 g/mol. The summed E-state index contributed by atoms with van der Waals surface area (Å²) in [6, 6.07) is 15.4. The summed E-state index contributed by atoms with van der Waals surface area (Å²) in [5.41, 5.74) is 3.29. The number of carboxylic acid groups (broad SMARTS) is 1. The Morgan fingerprint density at radius 2 is 1.43 bits per heavy atom. The van der Waals surface area contributed by atoms with Gasteiger partial charge in [0.2, 0.25) is 5.91 Å². The Morgan fingerprint density at radius 1 is 0.804 bits per heavy atom. The fourth-order valence-corrected chi connectivity index (χ4v) is 6.05. The summed E-state index contributed by atoms with van der Waals surface area (Å²) in [6.45, 7) is 7.48. The Balaban J connectivity index is 1.74. The van der Waals surface area contributed by atoms with Gasteiger partial charge in [-0.05, 0) is 49.2 Å². The second-order valence-electron chi connectivity index (χ2n) is 12.8. The maximum atomic E-state index is 12.3. The summed E-state index contributed by atoms with van der Waals surface area (Å²) >= 11 is 0. The van der Waals surface area contributed by atoms with Gasteiger partial charge in [-0.25, -0.2) is 0 Å². The van der Waals surface area contributed by atoms with Crippen molar-refractivity contribution >= 4 is 17.6 Å². The molecule has 0 spiro atoms. The van der Waals surface area contributed by atoms with Gasteiger partial charge < -0.3 is 29.9 Å². The third kappa shape index (κ3) is 14.3. The first kappa shape index (κ1) is 37.7. The van der Waals surface area contributed by atoms with Gasteiger partial charge in [0.1, 0.15) is 0 Å². The van der Waals surface area contributed by atoms with E-state index < -0.39 is 12.3 Å². The lowest BCUT2D eigenvalue weighted by atomic mass is 9.99. The molecule has 1 saturated heterocycles. The zero-order valence-electron chi connectivity index (χ0n) is 28.3. The second kappa shape index (κ2) is 21.9. The Labute approximate surface area is 276 Å². The standard InChI is InChI=1S/C38H58N2O6/c1-3-5-7-9-11-13-24-40(25-14-12-10-8-6-4-2)28-34-27-35(31-20-18-30(29-41)19-21-31)46-38(45-34)32-16-15-17-33(26-32)39-36(42)22-23-37(43)44/h15-21,26,34-35,38,41H,3-14,22-25,27-29H2,1-2H3,(H,39,42)(H,43,44)/t34-,35+,38+/m0/s1. The molecule has 46 heavy (non-hydrogen) atoms. The number of hydrogen-bond acceptors (Lipinski definition) is 6. The van der Waals surface area contributed by atoms with E-state index in [1.165, 1.54) is 77.0 Å². The van der Waals surface area contributed by atoms with E-state index in [1.54, 1.807) is 6.07 Å². The fourth-order valence-electron chi connectivity index (χ4n) is 6.05. The summed E-state index contributed by atoms with van der Waals surface area (Å²) < 4.78 is 13.2. The molecule has 1 amide bonds. The van der Waals surface area contributed by atoms with Gasteiger partial charge in [0.15, 0.2) is 6.29 Å². The number of unbranched alkanes of at least 4 members (excludes halogenated alkanes) is 10. The Hall–Kier alpha value is -2.78. The van der Waals surface area contributed by atoms with Gasteiger partial charge in [-0.15, -0.1) is 0 Å². The first-order valence-corrected chi connectivity index (χ1v) is 17.8. The average Bonchev–Trinajstić information content (AvgIpc) is 3.06. The van der Waals surface area contributed by atoms with Crippen LogP contribution >= 0.6 is 0 Å². The van der Waals surface area contributed by atoms with Crippen LogP contribution in [0.5, 0.6) is 0 Å². The summed E-state index contributed by atoms with van der Waals surface area (Å²) in [6.07, 6.45) is 14.8. The molecule has 3 N–H and O–H groups in total. The van der Waals surface area contributed by atoms with Crippen molar-refractivity contribution < 1.29 is 29.3 Å². The Kier molecular flexibility index (Phi) is 17.9. The number of ether oxygens (including phenoxy) is 2. The van der Waals surface area contributed by atoms with Gasteiger partial charge in [-0.3, -0.25) is 9.59 Å². The topological polar surface area (TPSA) is 108 Å². The first-order chi connectivity index (χ1) is 22.4. The molecular formula is C38H58N2O6. The van der Waals surface area contributed by atoms with Gasteiger partial charge >= 0.3 is 5.97 Å². The minimum absolute atomic E-state index is 0.00299. The number of carbonyl (C=O) groups excluding carboxylic acids is 1. The molecule has 3 atom stereocenters. The van der Waals surface area contributed by atoms with E-state index in [0.717, 1.165) is 42.7 Å². The molecule has 1 heterocycles. The van der Waals surface area contributed by atoms with Crippen molar-refractivity contribution in [2.24, 2.45) is 0 Å². The number of aliphatic carboxylic acids is 1. The number of aliphatic hydroxyl groups is 1. The van der Waals surface area contributed by atoms with E-state index in [9.17, 15) is 14.7 Å². The molecule has 1 aliphatic heterocycles. The average molecular weight is 639 g/mol. The Morgan fingerprint density at radius 3 is 2.04 bits per heavy atom. The van der Waals surface area contributed by atoms with E-state index in [4.69, 9.17) is 14.6 Å². The minimum Gasteiger partial charge on any atom is -0.481 e. The van der Waals surface area contributed by atoms with Crippen molar-refractivity contribution in [2.45, 2.75) is 135 Å². The van der Waals surface area contributed by atoms with E-state index >= 15 is 0 Å². The number of aliphatic hydroxyl groups excluding tert-OH is 1. The van der Waals surface area contributed by atoms with Crippen LogP contribution in [0.3, 0.4) is 0 Å². The molecule has 8 nitrogen and oxygen atoms in total. The number of nitrogens with one attached hydrogen (secondary N) is 1. The molecule has 256 valence electrons. The number of nitrogens with zero attached hydrogens (tertiary/aromatic N) is 1. The van der Waals surface area contributed by atoms with Crippen LogP contribution in [-0.2, 0) is 25.7 Å². The van der Waals surface area contributed by atoms with Crippen molar-refractivity contribution in [3.8, 4) is 0 Å². The lowest BCUT2D eigenvalue weighted by Gasteiger charge is -2.38. The molecule has 8 heteroatoms. The smallest absolute Gasteiger partial charge is 0.303 e. The van der Waals surface area contributed by atoms with Crippen molar-refractivity contribution in [3.63, 3.8) is 0 Å². The highest BCUT2D eigenvalue weighted by atomic mass is 16.7. The van der Waals surface area contributed by atoms with Crippen molar-refractivity contribution in [2.75, 3.05) is 25.0 Å². The highest BCUT2D eigenvalue weighted by molar-refractivity contribution is 5.92. The molecule has 2 aromatic rings. The lowest BCUT2D eigenvalue weighted by molar-refractivity contribution is -0.253. The number of hydrogen-bond donors (Lipinski definition) is 3. The zero-order valence-corrected chi connectivity index (χ0v) is 28.3. The molecule has 1 fully saturated rings. The van der Waals surface area contributed by atoms with Crippen molar-refractivity contribution in [3.05, 3.63) is 65.2 Å². The molecule has 1 aliphatic rings. The first-order valence-electron chi connectivity index (χ1n) is 17.8. The lowest BCUT2D eigenvalue weighted by Crippen LogP contribution is -2.40. The molecule has 3 rings (SSSR count).